The minimum absolute atomic E-state index is 0.684. The number of fused-ring (bicyclic) bond motifs is 1. The molecular weight excluding hydrogens is 162 g/mol. The molecule has 1 aliphatic heterocycles. The second-order valence-electron chi connectivity index (χ2n) is 1.99. The van der Waals surface area contributed by atoms with E-state index in [1.807, 2.05) is 0 Å². The highest BCUT2D eigenvalue weighted by atomic mass is 32.2. The summed E-state index contributed by atoms with van der Waals surface area (Å²) in [6, 6.07) is 0. The molecule has 0 radical (unpaired) electrons. The maximum Gasteiger partial charge on any atom is 0.135 e. The third-order valence-corrected chi connectivity index (χ3v) is 2.02. The summed E-state index contributed by atoms with van der Waals surface area (Å²) in [5.74, 6) is 0. The fourth-order valence-corrected chi connectivity index (χ4v) is 1.37. The lowest BCUT2D eigenvalue weighted by Gasteiger charge is -1.97. The first-order chi connectivity index (χ1) is 5.47. The van der Waals surface area contributed by atoms with Crippen LogP contribution in [-0.2, 0) is 6.54 Å². The van der Waals surface area contributed by atoms with Crippen LogP contribution >= 0.6 is 11.9 Å². The van der Waals surface area contributed by atoms with Crippen molar-refractivity contribution in [2.45, 2.75) is 11.6 Å². The highest BCUT2D eigenvalue weighted by Gasteiger charge is 2.07. The maximum atomic E-state index is 4.15. The van der Waals surface area contributed by atoms with Gasteiger partial charge in [-0.3, -0.25) is 4.98 Å². The van der Waals surface area contributed by atoms with Gasteiger partial charge in [0.1, 0.15) is 5.03 Å². The monoisotopic (exact) mass is 169 g/mol. The summed E-state index contributed by atoms with van der Waals surface area (Å²) in [4.78, 5) is 11.1. The molecule has 0 atom stereocenters. The average molecular weight is 169 g/mol. The van der Waals surface area contributed by atoms with E-state index in [0.717, 1.165) is 10.7 Å². The van der Waals surface area contributed by atoms with Gasteiger partial charge in [-0.05, 0) is 11.9 Å². The second-order valence-corrected chi connectivity index (χ2v) is 2.79. The van der Waals surface area contributed by atoms with Crippen molar-refractivity contribution in [1.82, 2.24) is 25.8 Å². The number of rotatable bonds is 0. The van der Waals surface area contributed by atoms with Gasteiger partial charge in [-0.1, -0.05) is 0 Å². The highest BCUT2D eigenvalue weighted by Crippen LogP contribution is 2.14. The molecular formula is C5H7N5S. The molecule has 5 nitrogen and oxygen atoms in total. The molecule has 0 amide bonds. The van der Waals surface area contributed by atoms with Gasteiger partial charge in [-0.2, -0.15) is 10.4 Å². The molecule has 0 saturated carbocycles. The van der Waals surface area contributed by atoms with Crippen LogP contribution < -0.4 is 15.8 Å². The lowest BCUT2D eigenvalue weighted by Crippen LogP contribution is -2.36. The quantitative estimate of drug-likeness (QED) is 0.459. The SMILES string of the molecule is c1cnc2c(n1)CNNNS2. The Labute approximate surface area is 68.1 Å². The van der Waals surface area contributed by atoms with Gasteiger partial charge >= 0.3 is 0 Å². The number of aromatic nitrogens is 2. The van der Waals surface area contributed by atoms with Crippen molar-refractivity contribution in [1.29, 1.82) is 0 Å². The Bertz CT molecular complexity index is 227. The summed E-state index contributed by atoms with van der Waals surface area (Å²) in [6.07, 6.45) is 3.37. The summed E-state index contributed by atoms with van der Waals surface area (Å²) in [7, 11) is 0. The van der Waals surface area contributed by atoms with Gasteiger partial charge in [0.25, 0.3) is 0 Å². The van der Waals surface area contributed by atoms with Crippen molar-refractivity contribution >= 4 is 11.9 Å². The predicted octanol–water partition coefficient (Wildman–Crippen LogP) is -0.404. The van der Waals surface area contributed by atoms with Crippen LogP contribution in [0, 0.1) is 0 Å². The van der Waals surface area contributed by atoms with Crippen LogP contribution in [0.3, 0.4) is 0 Å². The first-order valence-corrected chi connectivity index (χ1v) is 3.98. The van der Waals surface area contributed by atoms with Crippen molar-refractivity contribution in [3.05, 3.63) is 18.1 Å². The van der Waals surface area contributed by atoms with Crippen molar-refractivity contribution in [2.24, 2.45) is 0 Å². The smallest absolute Gasteiger partial charge is 0.135 e. The number of hydrogen-bond acceptors (Lipinski definition) is 6. The largest absolute Gasteiger partial charge is 0.255 e. The van der Waals surface area contributed by atoms with Crippen LogP contribution in [-0.4, -0.2) is 9.97 Å². The van der Waals surface area contributed by atoms with E-state index in [2.05, 4.69) is 25.8 Å². The fraction of sp³-hybridized carbons (Fsp3) is 0.200. The topological polar surface area (TPSA) is 61.9 Å². The third kappa shape index (κ3) is 1.48. The molecule has 2 heterocycles. The second kappa shape index (κ2) is 3.14. The van der Waals surface area contributed by atoms with Crippen molar-refractivity contribution in [3.63, 3.8) is 0 Å². The summed E-state index contributed by atoms with van der Waals surface area (Å²) >= 11 is 1.41. The van der Waals surface area contributed by atoms with E-state index >= 15 is 0 Å². The molecule has 0 bridgehead atoms. The molecule has 0 fully saturated rings. The molecule has 0 aromatic carbocycles. The van der Waals surface area contributed by atoms with Gasteiger partial charge in [-0.15, -0.1) is 0 Å². The molecule has 2 rings (SSSR count). The van der Waals surface area contributed by atoms with Gasteiger partial charge in [0.05, 0.1) is 12.2 Å². The zero-order chi connectivity index (χ0) is 7.52. The number of hydrazine groups is 2. The van der Waals surface area contributed by atoms with Crippen molar-refractivity contribution in [3.8, 4) is 0 Å². The van der Waals surface area contributed by atoms with Crippen LogP contribution in [0.1, 0.15) is 5.69 Å². The summed E-state index contributed by atoms with van der Waals surface area (Å²) in [6.45, 7) is 0.684. The lowest BCUT2D eigenvalue weighted by atomic mass is 10.4. The average Bonchev–Trinajstić information content (AvgIpc) is 2.28. The van der Waals surface area contributed by atoms with Gasteiger partial charge in [0.2, 0.25) is 0 Å². The Morgan fingerprint density at radius 2 is 2.27 bits per heavy atom. The number of nitrogens with zero attached hydrogens (tertiary/aromatic N) is 2. The first kappa shape index (κ1) is 6.99. The lowest BCUT2D eigenvalue weighted by molar-refractivity contribution is 0.519. The van der Waals surface area contributed by atoms with Gasteiger partial charge in [-0.25, -0.2) is 10.4 Å². The van der Waals surface area contributed by atoms with E-state index in [9.17, 15) is 0 Å². The molecule has 0 spiro atoms. The Morgan fingerprint density at radius 1 is 1.36 bits per heavy atom. The standard InChI is InChI=1S/C5H7N5S/c1-2-7-5-4(6-1)3-8-9-10-11-5/h1-2,8-10H,3H2. The highest BCUT2D eigenvalue weighted by molar-refractivity contribution is 7.97. The van der Waals surface area contributed by atoms with E-state index in [0.29, 0.717) is 6.54 Å². The Hall–Kier alpha value is -0.690. The Morgan fingerprint density at radius 3 is 3.27 bits per heavy atom. The van der Waals surface area contributed by atoms with Crippen molar-refractivity contribution < 1.29 is 0 Å². The van der Waals surface area contributed by atoms with Crippen LogP contribution in [0.4, 0.5) is 0 Å². The third-order valence-electron chi connectivity index (χ3n) is 1.28. The predicted molar refractivity (Wildman–Crippen MR) is 41.0 cm³/mol. The first-order valence-electron chi connectivity index (χ1n) is 3.16. The minimum atomic E-state index is 0.684. The normalized spacial score (nSPS) is 17.1. The fourth-order valence-electron chi connectivity index (χ4n) is 0.798. The summed E-state index contributed by atoms with van der Waals surface area (Å²) < 4.78 is 0. The number of nitrogens with one attached hydrogen (secondary N) is 3. The van der Waals surface area contributed by atoms with E-state index in [4.69, 9.17) is 0 Å². The Kier molecular flexibility index (Phi) is 1.99. The van der Waals surface area contributed by atoms with Crippen molar-refractivity contribution in [2.75, 3.05) is 0 Å². The van der Waals surface area contributed by atoms with Gasteiger partial charge in [0.15, 0.2) is 0 Å². The van der Waals surface area contributed by atoms with E-state index in [1.165, 1.54) is 11.9 Å². The van der Waals surface area contributed by atoms with E-state index < -0.39 is 0 Å². The van der Waals surface area contributed by atoms with Crippen LogP contribution in [0.2, 0.25) is 0 Å². The summed E-state index contributed by atoms with van der Waals surface area (Å²) in [5, 5.41) is 0.907. The van der Waals surface area contributed by atoms with Gasteiger partial charge < -0.3 is 0 Å². The Balaban J connectivity index is 2.33. The van der Waals surface area contributed by atoms with Crippen LogP contribution in [0.15, 0.2) is 17.4 Å². The molecule has 0 aliphatic carbocycles. The zero-order valence-electron chi connectivity index (χ0n) is 5.66. The van der Waals surface area contributed by atoms with Gasteiger partial charge in [0, 0.05) is 12.4 Å². The minimum Gasteiger partial charge on any atom is -0.255 e. The molecule has 1 aromatic heterocycles. The molecule has 11 heavy (non-hydrogen) atoms. The molecule has 58 valence electrons. The molecule has 1 aromatic rings. The molecule has 1 aliphatic rings. The van der Waals surface area contributed by atoms with E-state index in [-0.39, 0.29) is 0 Å². The van der Waals surface area contributed by atoms with Crippen LogP contribution in [0.25, 0.3) is 0 Å². The molecule has 3 N–H and O–H groups in total. The molecule has 6 heteroatoms. The zero-order valence-corrected chi connectivity index (χ0v) is 6.48. The maximum absolute atomic E-state index is 4.15. The van der Waals surface area contributed by atoms with E-state index in [1.54, 1.807) is 12.4 Å². The summed E-state index contributed by atoms with van der Waals surface area (Å²) in [5.41, 5.74) is 6.65. The van der Waals surface area contributed by atoms with Crippen LogP contribution in [0.5, 0.6) is 0 Å². The molecule has 0 unspecified atom stereocenters. The molecule has 0 saturated heterocycles. The number of hydrogen-bond donors (Lipinski definition) is 3.